The molecule has 5 N–H and O–H groups in total. The SMILES string of the molecule is CN(C)CCN.Cc1cccc([N+](=O)[O-])n1.N. The predicted octanol–water partition coefficient (Wildman–Crippen LogP) is 0.967. The molecule has 1 aromatic rings. The molecule has 17 heavy (non-hydrogen) atoms. The molecule has 0 atom stereocenters. The largest absolute Gasteiger partial charge is 0.363 e. The third-order valence-electron chi connectivity index (χ3n) is 1.64. The van der Waals surface area contributed by atoms with E-state index in [2.05, 4.69) is 9.88 Å². The van der Waals surface area contributed by atoms with Crippen LogP contribution in [0.4, 0.5) is 5.82 Å². The van der Waals surface area contributed by atoms with E-state index in [9.17, 15) is 10.1 Å². The van der Waals surface area contributed by atoms with E-state index >= 15 is 0 Å². The van der Waals surface area contributed by atoms with Crippen molar-refractivity contribution >= 4 is 5.82 Å². The highest BCUT2D eigenvalue weighted by Crippen LogP contribution is 2.05. The van der Waals surface area contributed by atoms with Crippen LogP contribution in [0, 0.1) is 17.0 Å². The molecule has 0 aliphatic rings. The van der Waals surface area contributed by atoms with Crippen LogP contribution in [-0.4, -0.2) is 42.0 Å². The molecule has 0 aromatic carbocycles. The van der Waals surface area contributed by atoms with E-state index in [0.717, 1.165) is 13.1 Å². The van der Waals surface area contributed by atoms with E-state index in [-0.39, 0.29) is 12.0 Å². The Bertz CT molecular complexity index is 330. The average molecular weight is 243 g/mol. The maximum atomic E-state index is 10.1. The molecule has 0 radical (unpaired) electrons. The van der Waals surface area contributed by atoms with E-state index < -0.39 is 4.92 Å². The van der Waals surface area contributed by atoms with Crippen molar-refractivity contribution in [2.24, 2.45) is 5.73 Å². The molecule has 1 rings (SSSR count). The first-order chi connectivity index (χ1) is 7.47. The Hall–Kier alpha value is -1.57. The Labute approximate surface area is 101 Å². The summed E-state index contributed by atoms with van der Waals surface area (Å²) in [6.07, 6.45) is 0. The number of rotatable bonds is 3. The Morgan fingerprint density at radius 1 is 1.47 bits per heavy atom. The summed E-state index contributed by atoms with van der Waals surface area (Å²) in [5.41, 5.74) is 5.85. The Morgan fingerprint density at radius 3 is 2.29 bits per heavy atom. The predicted molar refractivity (Wildman–Crippen MR) is 68.3 cm³/mol. The van der Waals surface area contributed by atoms with Gasteiger partial charge in [-0.3, -0.25) is 0 Å². The van der Waals surface area contributed by atoms with Crippen molar-refractivity contribution in [1.82, 2.24) is 16.0 Å². The number of aromatic nitrogens is 1. The van der Waals surface area contributed by atoms with Gasteiger partial charge in [-0.2, -0.15) is 0 Å². The zero-order chi connectivity index (χ0) is 12.6. The Morgan fingerprint density at radius 2 is 2.06 bits per heavy atom. The summed E-state index contributed by atoms with van der Waals surface area (Å²) in [6, 6.07) is 4.69. The average Bonchev–Trinajstić information content (AvgIpc) is 2.18. The van der Waals surface area contributed by atoms with Gasteiger partial charge in [0.2, 0.25) is 0 Å². The lowest BCUT2D eigenvalue weighted by atomic mass is 10.4. The van der Waals surface area contributed by atoms with Crippen molar-refractivity contribution in [1.29, 1.82) is 0 Å². The monoisotopic (exact) mass is 243 g/mol. The summed E-state index contributed by atoms with van der Waals surface area (Å²) < 4.78 is 0. The van der Waals surface area contributed by atoms with Crippen LogP contribution in [-0.2, 0) is 0 Å². The molecule has 0 fully saturated rings. The molecule has 0 saturated heterocycles. The molecular weight excluding hydrogens is 222 g/mol. The summed E-state index contributed by atoms with van der Waals surface area (Å²) in [6.45, 7) is 3.46. The van der Waals surface area contributed by atoms with Gasteiger partial charge < -0.3 is 26.9 Å². The van der Waals surface area contributed by atoms with Crippen LogP contribution >= 0.6 is 0 Å². The fraction of sp³-hybridized carbons (Fsp3) is 0.500. The minimum Gasteiger partial charge on any atom is -0.358 e. The number of nitrogens with zero attached hydrogens (tertiary/aromatic N) is 3. The molecule has 0 aliphatic heterocycles. The van der Waals surface area contributed by atoms with Gasteiger partial charge in [0.15, 0.2) is 0 Å². The minimum atomic E-state index is -0.507. The second kappa shape index (κ2) is 9.64. The molecule has 98 valence electrons. The fourth-order valence-corrected chi connectivity index (χ4v) is 0.889. The number of nitrogens with two attached hydrogens (primary N) is 1. The third kappa shape index (κ3) is 9.36. The molecule has 7 heteroatoms. The first-order valence-electron chi connectivity index (χ1n) is 4.90. The zero-order valence-corrected chi connectivity index (χ0v) is 10.6. The number of likely N-dealkylation sites (N-methyl/N-ethyl adjacent to an activating group) is 1. The van der Waals surface area contributed by atoms with Crippen molar-refractivity contribution in [3.05, 3.63) is 34.0 Å². The van der Waals surface area contributed by atoms with Gasteiger partial charge in [0.25, 0.3) is 0 Å². The number of pyridine rings is 1. The first-order valence-corrected chi connectivity index (χ1v) is 4.90. The second-order valence-corrected chi connectivity index (χ2v) is 3.49. The summed E-state index contributed by atoms with van der Waals surface area (Å²) >= 11 is 0. The van der Waals surface area contributed by atoms with Gasteiger partial charge in [-0.1, -0.05) is 0 Å². The van der Waals surface area contributed by atoms with Crippen LogP contribution in [0.3, 0.4) is 0 Å². The smallest absolute Gasteiger partial charge is 0.358 e. The van der Waals surface area contributed by atoms with Gasteiger partial charge in [-0.05, 0) is 36.1 Å². The van der Waals surface area contributed by atoms with Gasteiger partial charge in [0, 0.05) is 26.1 Å². The molecule has 7 nitrogen and oxygen atoms in total. The standard InChI is InChI=1S/C6H6N2O2.C4H12N2.H3N/c1-5-3-2-4-6(7-5)8(9)10;1-6(2)4-3-5;/h2-4H,1H3;3-5H2,1-2H3;1H3. The van der Waals surface area contributed by atoms with Crippen molar-refractivity contribution in [2.45, 2.75) is 6.92 Å². The summed E-state index contributed by atoms with van der Waals surface area (Å²) in [5, 5.41) is 10.1. The van der Waals surface area contributed by atoms with E-state index in [4.69, 9.17) is 5.73 Å². The molecule has 0 bridgehead atoms. The lowest BCUT2D eigenvalue weighted by Crippen LogP contribution is -2.20. The Kier molecular flexibility index (Phi) is 10.1. The van der Waals surface area contributed by atoms with Crippen LogP contribution in [0.5, 0.6) is 0 Å². The first kappa shape index (κ1) is 17.8. The molecule has 0 aliphatic carbocycles. The van der Waals surface area contributed by atoms with E-state index in [1.165, 1.54) is 6.07 Å². The van der Waals surface area contributed by atoms with Crippen molar-refractivity contribution < 1.29 is 4.92 Å². The second-order valence-electron chi connectivity index (χ2n) is 3.49. The molecule has 1 heterocycles. The van der Waals surface area contributed by atoms with Gasteiger partial charge in [-0.15, -0.1) is 0 Å². The van der Waals surface area contributed by atoms with Crippen molar-refractivity contribution in [3.63, 3.8) is 0 Å². The zero-order valence-electron chi connectivity index (χ0n) is 10.6. The van der Waals surface area contributed by atoms with Crippen LogP contribution in [0.1, 0.15) is 5.69 Å². The highest BCUT2D eigenvalue weighted by molar-refractivity contribution is 5.20. The van der Waals surface area contributed by atoms with Crippen LogP contribution < -0.4 is 11.9 Å². The summed E-state index contributed by atoms with van der Waals surface area (Å²) in [4.78, 5) is 15.3. The number of nitro groups is 1. The van der Waals surface area contributed by atoms with E-state index in [0.29, 0.717) is 5.69 Å². The van der Waals surface area contributed by atoms with Crippen LogP contribution in [0.25, 0.3) is 0 Å². The molecule has 0 unspecified atom stereocenters. The lowest BCUT2D eigenvalue weighted by molar-refractivity contribution is -0.389. The van der Waals surface area contributed by atoms with Crippen LogP contribution in [0.15, 0.2) is 18.2 Å². The number of hydrogen-bond acceptors (Lipinski definition) is 6. The van der Waals surface area contributed by atoms with Crippen molar-refractivity contribution in [3.8, 4) is 0 Å². The molecule has 0 spiro atoms. The minimum absolute atomic E-state index is 0. The van der Waals surface area contributed by atoms with Crippen LogP contribution in [0.2, 0.25) is 0 Å². The van der Waals surface area contributed by atoms with Gasteiger partial charge in [0.1, 0.15) is 5.69 Å². The lowest BCUT2D eigenvalue weighted by Gasteiger charge is -2.03. The number of aryl methyl sites for hydroxylation is 1. The third-order valence-corrected chi connectivity index (χ3v) is 1.64. The fourth-order valence-electron chi connectivity index (χ4n) is 0.889. The van der Waals surface area contributed by atoms with E-state index in [1.807, 2.05) is 14.1 Å². The molecular formula is C10H21N5O2. The topological polar surface area (TPSA) is 120 Å². The summed E-state index contributed by atoms with van der Waals surface area (Å²) in [7, 11) is 4.01. The highest BCUT2D eigenvalue weighted by atomic mass is 16.6. The van der Waals surface area contributed by atoms with Gasteiger partial charge in [-0.25, -0.2) is 0 Å². The van der Waals surface area contributed by atoms with E-state index in [1.54, 1.807) is 19.1 Å². The highest BCUT2D eigenvalue weighted by Gasteiger charge is 2.04. The maximum absolute atomic E-state index is 10.1. The normalized spacial score (nSPS) is 9.00. The Balaban J connectivity index is 0. The van der Waals surface area contributed by atoms with Gasteiger partial charge >= 0.3 is 5.82 Å². The molecule has 1 aromatic heterocycles. The maximum Gasteiger partial charge on any atom is 0.363 e. The number of hydrogen-bond donors (Lipinski definition) is 2. The molecule has 0 saturated carbocycles. The quantitative estimate of drug-likeness (QED) is 0.602. The molecule has 0 amide bonds. The summed E-state index contributed by atoms with van der Waals surface area (Å²) in [5.74, 6) is -0.0972. The van der Waals surface area contributed by atoms with Crippen molar-refractivity contribution in [2.75, 3.05) is 27.2 Å². The van der Waals surface area contributed by atoms with Gasteiger partial charge in [0.05, 0.1) is 0 Å².